The van der Waals surface area contributed by atoms with Crippen LogP contribution in [0.3, 0.4) is 0 Å². The maximum atomic E-state index is 13.3. The molecule has 5 nitrogen and oxygen atoms in total. The van der Waals surface area contributed by atoms with Gasteiger partial charge in [0, 0.05) is 47.2 Å². The zero-order chi connectivity index (χ0) is 20.4. The van der Waals surface area contributed by atoms with Gasteiger partial charge in [0.05, 0.1) is 12.2 Å². The zero-order valence-electron chi connectivity index (χ0n) is 16.4. The average Bonchev–Trinajstić information content (AvgIpc) is 3.41. The Morgan fingerprint density at radius 2 is 2.10 bits per heavy atom. The predicted molar refractivity (Wildman–Crippen MR) is 114 cm³/mol. The van der Waals surface area contributed by atoms with Crippen LogP contribution >= 0.6 is 22.7 Å². The third kappa shape index (κ3) is 3.95. The van der Waals surface area contributed by atoms with E-state index in [9.17, 15) is 9.59 Å². The van der Waals surface area contributed by atoms with Crippen LogP contribution in [0.25, 0.3) is 0 Å². The lowest BCUT2D eigenvalue weighted by Crippen LogP contribution is -2.36. The summed E-state index contributed by atoms with van der Waals surface area (Å²) in [6.45, 7) is 2.40. The zero-order valence-corrected chi connectivity index (χ0v) is 18.0. The number of Topliss-reactive ketones (excluding diaryl/α,β-unsaturated/α-hetero) is 1. The van der Waals surface area contributed by atoms with Gasteiger partial charge in [0.15, 0.2) is 5.78 Å². The number of thiophene rings is 2. The fourth-order valence-corrected chi connectivity index (χ4v) is 5.62. The number of dihydropyridines is 1. The quantitative estimate of drug-likeness (QED) is 0.546. The molecule has 4 rings (SSSR count). The largest absolute Gasteiger partial charge is 0.460 e. The van der Waals surface area contributed by atoms with Crippen molar-refractivity contribution in [3.05, 3.63) is 67.3 Å². The summed E-state index contributed by atoms with van der Waals surface area (Å²) < 4.78 is 10.4. The minimum absolute atomic E-state index is 0.100. The van der Waals surface area contributed by atoms with Gasteiger partial charge in [0.1, 0.15) is 6.61 Å². The highest BCUT2D eigenvalue weighted by atomic mass is 32.1. The number of carbonyl (C=O) groups is 2. The maximum Gasteiger partial charge on any atom is 0.336 e. The lowest BCUT2D eigenvalue weighted by molar-refractivity contribution is -0.140. The average molecular weight is 430 g/mol. The Hall–Kier alpha value is -2.22. The molecular formula is C22H23NO4S2. The van der Waals surface area contributed by atoms with Crippen LogP contribution in [0, 0.1) is 0 Å². The first-order valence-corrected chi connectivity index (χ1v) is 11.4. The molecule has 29 heavy (non-hydrogen) atoms. The molecule has 0 unspecified atom stereocenters. The molecule has 3 heterocycles. The Bertz CT molecular complexity index is 957. The Balaban J connectivity index is 1.71. The lowest BCUT2D eigenvalue weighted by atomic mass is 9.73. The molecule has 0 saturated carbocycles. The molecule has 2 aliphatic rings. The Labute approximate surface area is 178 Å². The summed E-state index contributed by atoms with van der Waals surface area (Å²) in [5.74, 6) is -0.504. The van der Waals surface area contributed by atoms with Gasteiger partial charge in [-0.05, 0) is 47.2 Å². The van der Waals surface area contributed by atoms with E-state index in [0.717, 1.165) is 23.4 Å². The highest BCUT2D eigenvalue weighted by Gasteiger charge is 2.41. The number of rotatable bonds is 6. The molecule has 0 spiro atoms. The van der Waals surface area contributed by atoms with Crippen LogP contribution in [-0.4, -0.2) is 32.1 Å². The second-order valence-corrected chi connectivity index (χ2v) is 8.98. The first-order chi connectivity index (χ1) is 14.1. The summed E-state index contributed by atoms with van der Waals surface area (Å²) in [5, 5.41) is 9.40. The summed E-state index contributed by atoms with van der Waals surface area (Å²) in [5.41, 5.74) is 3.87. The second-order valence-electron chi connectivity index (χ2n) is 7.22. The van der Waals surface area contributed by atoms with Crippen molar-refractivity contribution < 1.29 is 19.1 Å². The van der Waals surface area contributed by atoms with E-state index in [2.05, 4.69) is 11.4 Å². The summed E-state index contributed by atoms with van der Waals surface area (Å²) >= 11 is 3.25. The van der Waals surface area contributed by atoms with E-state index in [1.54, 1.807) is 29.8 Å². The molecule has 1 N–H and O–H groups in total. The van der Waals surface area contributed by atoms with Crippen molar-refractivity contribution in [2.75, 3.05) is 20.3 Å². The van der Waals surface area contributed by atoms with Gasteiger partial charge in [0.2, 0.25) is 0 Å². The minimum Gasteiger partial charge on any atom is -0.460 e. The summed E-state index contributed by atoms with van der Waals surface area (Å²) in [6.07, 6.45) is 1.23. The van der Waals surface area contributed by atoms with Crippen molar-refractivity contribution in [2.24, 2.45) is 0 Å². The molecule has 1 aliphatic heterocycles. The molecule has 2 atom stereocenters. The summed E-state index contributed by atoms with van der Waals surface area (Å²) in [7, 11) is 1.57. The SMILES string of the molecule is COCCOC(=O)C1=C(C)NC2=C(C(=O)C[C@@H](c3cccs3)C2)[C@H]1c1ccsc1. The van der Waals surface area contributed by atoms with Crippen LogP contribution in [0.1, 0.15) is 42.0 Å². The van der Waals surface area contributed by atoms with Crippen LogP contribution in [-0.2, 0) is 19.1 Å². The lowest BCUT2D eigenvalue weighted by Gasteiger charge is -2.36. The van der Waals surface area contributed by atoms with Gasteiger partial charge in [-0.1, -0.05) is 6.07 Å². The molecule has 0 radical (unpaired) electrons. The normalized spacial score (nSPS) is 21.8. The van der Waals surface area contributed by atoms with Crippen LogP contribution in [0.5, 0.6) is 0 Å². The summed E-state index contributed by atoms with van der Waals surface area (Å²) in [4.78, 5) is 27.4. The Morgan fingerprint density at radius 1 is 1.24 bits per heavy atom. The number of allylic oxidation sites excluding steroid dienone is 3. The number of esters is 1. The van der Waals surface area contributed by atoms with Crippen LogP contribution in [0.15, 0.2) is 56.9 Å². The van der Waals surface area contributed by atoms with Crippen molar-refractivity contribution >= 4 is 34.4 Å². The smallest absolute Gasteiger partial charge is 0.336 e. The Kier molecular flexibility index (Phi) is 5.99. The highest BCUT2D eigenvalue weighted by molar-refractivity contribution is 7.10. The molecule has 0 aromatic carbocycles. The van der Waals surface area contributed by atoms with E-state index in [4.69, 9.17) is 9.47 Å². The van der Waals surface area contributed by atoms with Gasteiger partial charge in [0.25, 0.3) is 0 Å². The number of ether oxygens (including phenoxy) is 2. The van der Waals surface area contributed by atoms with Crippen molar-refractivity contribution in [3.8, 4) is 0 Å². The third-order valence-corrected chi connectivity index (χ3v) is 7.13. The molecule has 0 bridgehead atoms. The number of hydrogen-bond donors (Lipinski definition) is 1. The number of hydrogen-bond acceptors (Lipinski definition) is 7. The van der Waals surface area contributed by atoms with E-state index in [0.29, 0.717) is 24.2 Å². The Morgan fingerprint density at radius 3 is 2.79 bits per heavy atom. The van der Waals surface area contributed by atoms with Crippen molar-refractivity contribution in [2.45, 2.75) is 31.6 Å². The van der Waals surface area contributed by atoms with Gasteiger partial charge in [-0.25, -0.2) is 4.79 Å². The molecule has 7 heteroatoms. The molecule has 2 aromatic heterocycles. The second kappa shape index (κ2) is 8.65. The standard InChI is InChI=1S/C22H23NO4S2/c1-13-19(22(25)27-7-6-26-2)20(14-5-9-28-12-14)21-16(23-13)10-15(11-17(21)24)18-4-3-8-29-18/h3-5,8-9,12,15,20,23H,6-7,10-11H2,1-2H3/t15-,20-/m0/s1. The summed E-state index contributed by atoms with van der Waals surface area (Å²) in [6, 6.07) is 6.10. The molecule has 0 fully saturated rings. The molecule has 0 amide bonds. The van der Waals surface area contributed by atoms with E-state index < -0.39 is 5.97 Å². The van der Waals surface area contributed by atoms with E-state index in [-0.39, 0.29) is 24.2 Å². The number of carbonyl (C=O) groups excluding carboxylic acids is 2. The molecule has 2 aromatic rings. The molecule has 152 valence electrons. The maximum absolute atomic E-state index is 13.3. The van der Waals surface area contributed by atoms with Gasteiger partial charge in [-0.15, -0.1) is 11.3 Å². The van der Waals surface area contributed by atoms with Crippen LogP contribution in [0.2, 0.25) is 0 Å². The monoisotopic (exact) mass is 429 g/mol. The predicted octanol–water partition coefficient (Wildman–Crippen LogP) is 4.36. The topological polar surface area (TPSA) is 64.6 Å². The molecular weight excluding hydrogens is 406 g/mol. The number of ketones is 1. The van der Waals surface area contributed by atoms with E-state index in [1.807, 2.05) is 35.2 Å². The van der Waals surface area contributed by atoms with Gasteiger partial charge >= 0.3 is 5.97 Å². The van der Waals surface area contributed by atoms with Crippen molar-refractivity contribution in [1.82, 2.24) is 5.32 Å². The minimum atomic E-state index is -0.400. The van der Waals surface area contributed by atoms with Gasteiger partial charge < -0.3 is 14.8 Å². The molecule has 1 aliphatic carbocycles. The first-order valence-electron chi connectivity index (χ1n) is 9.55. The van der Waals surface area contributed by atoms with Crippen molar-refractivity contribution in [3.63, 3.8) is 0 Å². The number of nitrogens with one attached hydrogen (secondary N) is 1. The van der Waals surface area contributed by atoms with Gasteiger partial charge in [-0.2, -0.15) is 11.3 Å². The van der Waals surface area contributed by atoms with Crippen LogP contribution < -0.4 is 5.32 Å². The van der Waals surface area contributed by atoms with Crippen LogP contribution in [0.4, 0.5) is 0 Å². The van der Waals surface area contributed by atoms with E-state index >= 15 is 0 Å². The molecule has 0 saturated heterocycles. The van der Waals surface area contributed by atoms with E-state index in [1.165, 1.54) is 4.88 Å². The highest BCUT2D eigenvalue weighted by Crippen LogP contribution is 2.46. The first kappa shape index (κ1) is 20.1. The fraction of sp³-hybridized carbons (Fsp3) is 0.364. The van der Waals surface area contributed by atoms with Gasteiger partial charge in [-0.3, -0.25) is 4.79 Å². The van der Waals surface area contributed by atoms with Crippen molar-refractivity contribution in [1.29, 1.82) is 0 Å². The fourth-order valence-electron chi connectivity index (χ4n) is 4.10. The third-order valence-electron chi connectivity index (χ3n) is 5.39. The number of methoxy groups -OCH3 is 1.